The molecule has 0 atom stereocenters. The maximum atomic E-state index is 12.4. The fourth-order valence-electron chi connectivity index (χ4n) is 3.02. The SMILES string of the molecule is NS(=O)(=O)c1cccc(NC(=O)COC(=O)c2ccc3c(c2)SC2=NS(=O)(=O)CCN23)c1. The fraction of sp³-hybridized carbons (Fsp3) is 0.167. The monoisotopic (exact) mass is 496 g/mol. The normalized spacial score (nSPS) is 16.5. The van der Waals surface area contributed by atoms with Crippen molar-refractivity contribution in [2.24, 2.45) is 9.54 Å². The molecule has 0 saturated heterocycles. The fourth-order valence-corrected chi connectivity index (χ4v) is 5.88. The van der Waals surface area contributed by atoms with Gasteiger partial charge in [0.25, 0.3) is 15.9 Å². The Labute approximate surface area is 187 Å². The lowest BCUT2D eigenvalue weighted by molar-refractivity contribution is -0.119. The van der Waals surface area contributed by atoms with Crippen molar-refractivity contribution in [1.29, 1.82) is 0 Å². The van der Waals surface area contributed by atoms with E-state index in [1.807, 2.05) is 0 Å². The first-order chi connectivity index (χ1) is 15.0. The lowest BCUT2D eigenvalue weighted by Gasteiger charge is -2.22. The number of nitrogens with two attached hydrogens (primary N) is 1. The van der Waals surface area contributed by atoms with Gasteiger partial charge in [-0.2, -0.15) is 0 Å². The van der Waals surface area contributed by atoms with E-state index in [9.17, 15) is 26.4 Å². The Balaban J connectivity index is 1.39. The number of primary sulfonamides is 1. The average molecular weight is 497 g/mol. The van der Waals surface area contributed by atoms with Crippen LogP contribution >= 0.6 is 11.8 Å². The number of nitrogens with zero attached hydrogens (tertiary/aromatic N) is 2. The molecule has 0 aromatic heterocycles. The molecule has 4 rings (SSSR count). The number of nitrogens with one attached hydrogen (secondary N) is 1. The van der Waals surface area contributed by atoms with Gasteiger partial charge in [-0.3, -0.25) is 4.79 Å². The van der Waals surface area contributed by atoms with Crippen molar-refractivity contribution in [1.82, 2.24) is 0 Å². The second-order valence-electron chi connectivity index (χ2n) is 6.79. The van der Waals surface area contributed by atoms with Crippen LogP contribution in [0.2, 0.25) is 0 Å². The second kappa shape index (κ2) is 8.20. The highest BCUT2D eigenvalue weighted by molar-refractivity contribution is 8.15. The molecule has 0 unspecified atom stereocenters. The molecule has 3 N–H and O–H groups in total. The minimum atomic E-state index is -3.93. The number of esters is 1. The van der Waals surface area contributed by atoms with E-state index in [-0.39, 0.29) is 28.4 Å². The number of hydrogen-bond acceptors (Lipinski definition) is 9. The summed E-state index contributed by atoms with van der Waals surface area (Å²) in [6, 6.07) is 10.1. The number of carbonyl (C=O) groups is 2. The number of sulfonamides is 2. The van der Waals surface area contributed by atoms with E-state index in [0.717, 1.165) is 17.4 Å². The van der Waals surface area contributed by atoms with E-state index in [0.29, 0.717) is 10.1 Å². The predicted octanol–water partition coefficient (Wildman–Crippen LogP) is 0.741. The zero-order chi connectivity index (χ0) is 23.1. The number of rotatable bonds is 5. The molecular weight excluding hydrogens is 480 g/mol. The first kappa shape index (κ1) is 22.3. The van der Waals surface area contributed by atoms with Crippen LogP contribution in [-0.2, 0) is 29.6 Å². The van der Waals surface area contributed by atoms with Gasteiger partial charge in [0.1, 0.15) is 0 Å². The summed E-state index contributed by atoms with van der Waals surface area (Å²) in [5, 5.41) is 7.81. The molecule has 168 valence electrons. The topological polar surface area (TPSA) is 165 Å². The lowest BCUT2D eigenvalue weighted by Crippen LogP contribution is -2.35. The molecule has 2 heterocycles. The Morgan fingerprint density at radius 2 is 2.00 bits per heavy atom. The summed E-state index contributed by atoms with van der Waals surface area (Å²) in [5.41, 5.74) is 1.11. The molecule has 32 heavy (non-hydrogen) atoms. The summed E-state index contributed by atoms with van der Waals surface area (Å²) >= 11 is 1.13. The van der Waals surface area contributed by atoms with Crippen LogP contribution in [-0.4, -0.2) is 52.8 Å². The molecule has 2 aliphatic rings. The van der Waals surface area contributed by atoms with E-state index in [1.165, 1.54) is 30.3 Å². The van der Waals surface area contributed by atoms with Crippen LogP contribution in [0.3, 0.4) is 0 Å². The molecule has 0 fully saturated rings. The summed E-state index contributed by atoms with van der Waals surface area (Å²) in [4.78, 5) is 26.7. The van der Waals surface area contributed by atoms with Gasteiger partial charge in [0.15, 0.2) is 11.8 Å². The first-order valence-corrected chi connectivity index (χ1v) is 13.0. The van der Waals surface area contributed by atoms with Crippen LogP contribution in [0, 0.1) is 0 Å². The molecule has 0 radical (unpaired) electrons. The van der Waals surface area contributed by atoms with Crippen molar-refractivity contribution in [2.75, 3.05) is 29.1 Å². The van der Waals surface area contributed by atoms with Gasteiger partial charge in [0.2, 0.25) is 10.0 Å². The van der Waals surface area contributed by atoms with Crippen molar-refractivity contribution < 1.29 is 31.2 Å². The summed E-state index contributed by atoms with van der Waals surface area (Å²) in [5.74, 6) is -1.51. The summed E-state index contributed by atoms with van der Waals surface area (Å²) < 4.78 is 54.9. The van der Waals surface area contributed by atoms with Crippen LogP contribution in [0.1, 0.15) is 10.4 Å². The summed E-state index contributed by atoms with van der Waals surface area (Å²) in [7, 11) is -7.41. The Morgan fingerprint density at radius 3 is 2.75 bits per heavy atom. The van der Waals surface area contributed by atoms with Crippen molar-refractivity contribution in [3.63, 3.8) is 0 Å². The molecule has 14 heteroatoms. The minimum Gasteiger partial charge on any atom is -0.452 e. The number of fused-ring (bicyclic) bond motifs is 3. The van der Waals surface area contributed by atoms with E-state index in [2.05, 4.69) is 9.71 Å². The second-order valence-corrected chi connectivity index (χ2v) is 11.1. The highest BCUT2D eigenvalue weighted by atomic mass is 32.2. The van der Waals surface area contributed by atoms with Crippen molar-refractivity contribution in [2.45, 2.75) is 9.79 Å². The van der Waals surface area contributed by atoms with Gasteiger partial charge in [-0.15, -0.1) is 4.40 Å². The zero-order valence-electron chi connectivity index (χ0n) is 16.2. The van der Waals surface area contributed by atoms with Gasteiger partial charge >= 0.3 is 5.97 Å². The van der Waals surface area contributed by atoms with Gasteiger partial charge in [0, 0.05) is 17.1 Å². The predicted molar refractivity (Wildman–Crippen MR) is 118 cm³/mol. The number of thioether (sulfide) groups is 1. The van der Waals surface area contributed by atoms with Gasteiger partial charge < -0.3 is 15.0 Å². The molecule has 11 nitrogen and oxygen atoms in total. The Bertz CT molecular complexity index is 1370. The zero-order valence-corrected chi connectivity index (χ0v) is 18.7. The van der Waals surface area contributed by atoms with Gasteiger partial charge in [-0.1, -0.05) is 6.07 Å². The number of amidine groups is 1. The standard InChI is InChI=1S/C18H16N4O7S3/c19-32(27,28)13-3-1-2-12(9-13)20-16(23)10-29-17(24)11-4-5-14-15(8-11)30-18-21-31(25,26)7-6-22(14)18/h1-5,8-9H,6-7,10H2,(H,20,23)(H2,19,27,28). The maximum Gasteiger partial charge on any atom is 0.338 e. The molecule has 2 aromatic rings. The van der Waals surface area contributed by atoms with Crippen LogP contribution < -0.4 is 15.4 Å². The van der Waals surface area contributed by atoms with Gasteiger partial charge in [-0.05, 0) is 48.2 Å². The third kappa shape index (κ3) is 4.77. The molecule has 0 spiro atoms. The van der Waals surface area contributed by atoms with E-state index in [4.69, 9.17) is 9.88 Å². The average Bonchev–Trinajstić information content (AvgIpc) is 3.06. The van der Waals surface area contributed by atoms with Gasteiger partial charge in [0.05, 0.1) is 21.9 Å². The quantitative estimate of drug-likeness (QED) is 0.568. The molecular formula is C18H16N4O7S3. The third-order valence-corrected chi connectivity index (χ3v) is 7.71. The summed E-state index contributed by atoms with van der Waals surface area (Å²) in [6.45, 7) is -0.322. The smallest absolute Gasteiger partial charge is 0.338 e. The molecule has 0 aliphatic carbocycles. The van der Waals surface area contributed by atoms with E-state index < -0.39 is 38.5 Å². The van der Waals surface area contributed by atoms with Crippen molar-refractivity contribution >= 4 is 60.2 Å². The van der Waals surface area contributed by atoms with E-state index in [1.54, 1.807) is 17.0 Å². The van der Waals surface area contributed by atoms with Crippen LogP contribution in [0.15, 0.2) is 56.7 Å². The van der Waals surface area contributed by atoms with Crippen molar-refractivity contribution in [3.05, 3.63) is 48.0 Å². The number of benzene rings is 2. The Kier molecular flexibility index (Phi) is 5.70. The number of anilines is 2. The number of amides is 1. The number of carbonyl (C=O) groups excluding carboxylic acids is 2. The minimum absolute atomic E-state index is 0.0878. The number of ether oxygens (including phenoxy) is 1. The molecule has 0 saturated carbocycles. The van der Waals surface area contributed by atoms with Crippen molar-refractivity contribution in [3.8, 4) is 0 Å². The van der Waals surface area contributed by atoms with E-state index >= 15 is 0 Å². The highest BCUT2D eigenvalue weighted by Crippen LogP contribution is 2.42. The molecule has 1 amide bonds. The lowest BCUT2D eigenvalue weighted by atomic mass is 10.2. The Morgan fingerprint density at radius 1 is 1.22 bits per heavy atom. The molecule has 0 bridgehead atoms. The molecule has 2 aromatic carbocycles. The Hall–Kier alpha value is -2.94. The molecule has 2 aliphatic heterocycles. The number of hydrogen-bond donors (Lipinski definition) is 2. The third-order valence-electron chi connectivity index (χ3n) is 4.49. The van der Waals surface area contributed by atoms with Gasteiger partial charge in [-0.25, -0.2) is 26.8 Å². The largest absolute Gasteiger partial charge is 0.452 e. The first-order valence-electron chi connectivity index (χ1n) is 9.04. The highest BCUT2D eigenvalue weighted by Gasteiger charge is 2.33. The van der Waals surface area contributed by atoms with Crippen LogP contribution in [0.5, 0.6) is 0 Å². The maximum absolute atomic E-state index is 12.4. The van der Waals surface area contributed by atoms with Crippen LogP contribution in [0.4, 0.5) is 11.4 Å². The van der Waals surface area contributed by atoms with Crippen LogP contribution in [0.25, 0.3) is 0 Å². The summed E-state index contributed by atoms with van der Waals surface area (Å²) in [6.07, 6.45) is 0.